The molecule has 4 nitrogen and oxygen atoms in total. The molecule has 0 bridgehead atoms. The third-order valence-corrected chi connectivity index (χ3v) is 2.99. The molecular weight excluding hydrogens is 287 g/mol. The van der Waals surface area contributed by atoms with E-state index in [4.69, 9.17) is 9.47 Å². The summed E-state index contributed by atoms with van der Waals surface area (Å²) in [5.41, 5.74) is -0.547. The highest BCUT2D eigenvalue weighted by Gasteiger charge is 2.35. The van der Waals surface area contributed by atoms with Gasteiger partial charge in [0.1, 0.15) is 6.73 Å². The van der Waals surface area contributed by atoms with E-state index < -0.39 is 17.8 Å². The number of hydrogen-bond acceptors (Lipinski definition) is 4. The van der Waals surface area contributed by atoms with Gasteiger partial charge in [-0.3, -0.25) is 4.79 Å². The zero-order chi connectivity index (χ0) is 15.6. The first-order valence-corrected chi connectivity index (χ1v) is 6.20. The van der Waals surface area contributed by atoms with Crippen LogP contribution >= 0.6 is 0 Å². The van der Waals surface area contributed by atoms with Crippen LogP contribution in [0.25, 0.3) is 5.57 Å². The second-order valence-electron chi connectivity index (χ2n) is 4.52. The highest BCUT2D eigenvalue weighted by molar-refractivity contribution is 6.24. The molecular formula is C14H14F3NO3. The van der Waals surface area contributed by atoms with Crippen LogP contribution in [-0.2, 0) is 20.4 Å². The average molecular weight is 301 g/mol. The van der Waals surface area contributed by atoms with Gasteiger partial charge in [0.25, 0.3) is 0 Å². The molecule has 1 aromatic rings. The van der Waals surface area contributed by atoms with Gasteiger partial charge in [0.15, 0.2) is 6.10 Å². The van der Waals surface area contributed by atoms with Crippen molar-refractivity contribution in [3.63, 3.8) is 0 Å². The number of benzene rings is 1. The molecule has 7 heteroatoms. The molecule has 0 saturated heterocycles. The molecule has 114 valence electrons. The zero-order valence-electron chi connectivity index (χ0n) is 11.5. The van der Waals surface area contributed by atoms with Crippen molar-refractivity contribution in [2.75, 3.05) is 13.8 Å². The summed E-state index contributed by atoms with van der Waals surface area (Å²) in [7, 11) is 1.44. The molecule has 1 N–H and O–H groups in total. The Kier molecular flexibility index (Phi) is 4.22. The van der Waals surface area contributed by atoms with E-state index in [2.05, 4.69) is 5.32 Å². The maximum atomic E-state index is 12.8. The number of ketones is 1. The van der Waals surface area contributed by atoms with Crippen molar-refractivity contribution >= 4 is 11.4 Å². The fourth-order valence-corrected chi connectivity index (χ4v) is 2.00. The lowest BCUT2D eigenvalue weighted by atomic mass is 9.99. The lowest BCUT2D eigenvalue weighted by Gasteiger charge is -2.10. The molecule has 0 spiro atoms. The summed E-state index contributed by atoms with van der Waals surface area (Å²) >= 11 is 0. The average Bonchev–Trinajstić information content (AvgIpc) is 2.71. The molecule has 1 atom stereocenters. The fourth-order valence-electron chi connectivity index (χ4n) is 2.00. The van der Waals surface area contributed by atoms with Gasteiger partial charge in [0.2, 0.25) is 11.7 Å². The molecule has 1 unspecified atom stereocenters. The number of Topliss-reactive ketones (excluding diaryl/α,β-unsaturated/α-hetero) is 1. The Balaban J connectivity index is 2.44. The maximum absolute atomic E-state index is 12.8. The predicted octanol–water partition coefficient (Wildman–Crippen LogP) is 2.56. The van der Waals surface area contributed by atoms with Crippen LogP contribution in [0.15, 0.2) is 30.1 Å². The first-order chi connectivity index (χ1) is 9.84. The standard InChI is InChI=1S/C14H14F3NO3/c1-8-12(19)11(13(21-8)18-7-20-2)9-4-3-5-10(6-9)14(15,16)17/h3-6,8,18H,7H2,1-2H3. The molecule has 21 heavy (non-hydrogen) atoms. The summed E-state index contributed by atoms with van der Waals surface area (Å²) in [5.74, 6) is -0.235. The molecule has 0 aliphatic carbocycles. The number of hydrogen-bond donors (Lipinski definition) is 1. The van der Waals surface area contributed by atoms with Gasteiger partial charge in [-0.2, -0.15) is 13.2 Å². The van der Waals surface area contributed by atoms with Crippen LogP contribution in [-0.4, -0.2) is 25.7 Å². The molecule has 0 amide bonds. The number of carbonyl (C=O) groups is 1. The minimum Gasteiger partial charge on any atom is -0.467 e. The highest BCUT2D eigenvalue weighted by Crippen LogP contribution is 2.34. The van der Waals surface area contributed by atoms with E-state index in [1.54, 1.807) is 0 Å². The van der Waals surface area contributed by atoms with Gasteiger partial charge < -0.3 is 14.8 Å². The third kappa shape index (κ3) is 3.18. The van der Waals surface area contributed by atoms with Crippen LogP contribution in [0.1, 0.15) is 18.1 Å². The SMILES string of the molecule is COCNC1=C(c2cccc(C(F)(F)F)c2)C(=O)C(C)O1. The molecule has 0 fully saturated rings. The van der Waals surface area contributed by atoms with Crippen LogP contribution in [0, 0.1) is 0 Å². The number of methoxy groups -OCH3 is 1. The number of carbonyl (C=O) groups excluding carboxylic acids is 1. The lowest BCUT2D eigenvalue weighted by Crippen LogP contribution is -2.18. The van der Waals surface area contributed by atoms with Crippen LogP contribution in [0.3, 0.4) is 0 Å². The van der Waals surface area contributed by atoms with Crippen molar-refractivity contribution in [1.82, 2.24) is 5.32 Å². The number of rotatable bonds is 4. The molecule has 0 saturated carbocycles. The minimum absolute atomic E-state index is 0.0811. The first-order valence-electron chi connectivity index (χ1n) is 6.20. The Labute approximate surface area is 119 Å². The highest BCUT2D eigenvalue weighted by atomic mass is 19.4. The summed E-state index contributed by atoms with van der Waals surface area (Å²) in [5, 5.41) is 2.73. The Morgan fingerprint density at radius 2 is 2.10 bits per heavy atom. The van der Waals surface area contributed by atoms with E-state index in [0.29, 0.717) is 0 Å². The Morgan fingerprint density at radius 1 is 1.38 bits per heavy atom. The van der Waals surface area contributed by atoms with Gasteiger partial charge in [-0.05, 0) is 24.6 Å². The first kappa shape index (κ1) is 15.4. The Hall–Kier alpha value is -2.02. The predicted molar refractivity (Wildman–Crippen MR) is 68.9 cm³/mol. The van der Waals surface area contributed by atoms with E-state index in [0.717, 1.165) is 12.1 Å². The van der Waals surface area contributed by atoms with Crippen LogP contribution < -0.4 is 5.32 Å². The van der Waals surface area contributed by atoms with Crippen molar-refractivity contribution in [3.8, 4) is 0 Å². The number of ether oxygens (including phenoxy) is 2. The van der Waals surface area contributed by atoms with Gasteiger partial charge in [-0.1, -0.05) is 12.1 Å². The van der Waals surface area contributed by atoms with E-state index >= 15 is 0 Å². The summed E-state index contributed by atoms with van der Waals surface area (Å²) in [6, 6.07) is 4.59. The molecule has 0 aromatic heterocycles. The molecule has 2 rings (SSSR count). The lowest BCUT2D eigenvalue weighted by molar-refractivity contribution is -0.137. The minimum atomic E-state index is -4.47. The van der Waals surface area contributed by atoms with Crippen molar-refractivity contribution in [2.45, 2.75) is 19.2 Å². The maximum Gasteiger partial charge on any atom is 0.416 e. The van der Waals surface area contributed by atoms with Crippen molar-refractivity contribution in [1.29, 1.82) is 0 Å². The summed E-state index contributed by atoms with van der Waals surface area (Å²) < 4.78 is 48.4. The molecule has 1 aromatic carbocycles. The van der Waals surface area contributed by atoms with Gasteiger partial charge in [0.05, 0.1) is 11.1 Å². The quantitative estimate of drug-likeness (QED) is 0.868. The van der Waals surface area contributed by atoms with Crippen LogP contribution in [0.4, 0.5) is 13.2 Å². The smallest absolute Gasteiger partial charge is 0.416 e. The monoisotopic (exact) mass is 301 g/mol. The van der Waals surface area contributed by atoms with Crippen molar-refractivity contribution in [2.24, 2.45) is 0 Å². The molecule has 0 radical (unpaired) electrons. The van der Waals surface area contributed by atoms with E-state index in [1.807, 2.05) is 0 Å². The van der Waals surface area contributed by atoms with E-state index in [-0.39, 0.29) is 29.5 Å². The number of alkyl halides is 3. The summed E-state index contributed by atoms with van der Waals surface area (Å²) in [6.45, 7) is 1.62. The zero-order valence-corrected chi connectivity index (χ0v) is 11.5. The summed E-state index contributed by atoms with van der Waals surface area (Å²) in [4.78, 5) is 12.1. The van der Waals surface area contributed by atoms with Gasteiger partial charge in [-0.15, -0.1) is 0 Å². The fraction of sp³-hybridized carbons (Fsp3) is 0.357. The van der Waals surface area contributed by atoms with Crippen LogP contribution in [0.5, 0.6) is 0 Å². The number of halogens is 3. The molecule has 1 aliphatic heterocycles. The Morgan fingerprint density at radius 3 is 2.71 bits per heavy atom. The second-order valence-corrected chi connectivity index (χ2v) is 4.52. The topological polar surface area (TPSA) is 47.6 Å². The normalized spacial score (nSPS) is 18.9. The van der Waals surface area contributed by atoms with Crippen LogP contribution in [0.2, 0.25) is 0 Å². The van der Waals surface area contributed by atoms with E-state index in [9.17, 15) is 18.0 Å². The molecule has 1 aliphatic rings. The van der Waals surface area contributed by atoms with Crippen molar-refractivity contribution in [3.05, 3.63) is 41.3 Å². The third-order valence-electron chi connectivity index (χ3n) is 2.99. The summed E-state index contributed by atoms with van der Waals surface area (Å²) in [6.07, 6.45) is -5.21. The van der Waals surface area contributed by atoms with E-state index in [1.165, 1.54) is 26.2 Å². The van der Waals surface area contributed by atoms with Gasteiger partial charge >= 0.3 is 6.18 Å². The number of nitrogens with one attached hydrogen (secondary N) is 1. The molecule has 1 heterocycles. The van der Waals surface area contributed by atoms with Gasteiger partial charge in [-0.25, -0.2) is 0 Å². The largest absolute Gasteiger partial charge is 0.467 e. The second kappa shape index (κ2) is 5.77. The van der Waals surface area contributed by atoms with Crippen molar-refractivity contribution < 1.29 is 27.4 Å². The van der Waals surface area contributed by atoms with Gasteiger partial charge in [0, 0.05) is 7.11 Å². The Bertz CT molecular complexity index is 581.